The zero-order valence-corrected chi connectivity index (χ0v) is 7.09. The first-order chi connectivity index (χ1) is 5.69. The van der Waals surface area contributed by atoms with Crippen LogP contribution < -0.4 is 0 Å². The molecular formula is C10H9NO. The predicted molar refractivity (Wildman–Crippen MR) is 46.0 cm³/mol. The summed E-state index contributed by atoms with van der Waals surface area (Å²) >= 11 is 0. The summed E-state index contributed by atoms with van der Waals surface area (Å²) in [7, 11) is 0. The van der Waals surface area contributed by atoms with Crippen molar-refractivity contribution in [3.05, 3.63) is 34.4 Å². The van der Waals surface area contributed by atoms with E-state index in [-0.39, 0.29) is 0 Å². The van der Waals surface area contributed by atoms with Crippen LogP contribution in [0.1, 0.15) is 27.0 Å². The molecule has 0 bridgehead atoms. The van der Waals surface area contributed by atoms with E-state index in [1.165, 1.54) is 0 Å². The standard InChI is InChI=1S/C10H9NO/c1-7-3-9(5-11)4-10(6-12)8(7)2/h3-4,6H,1-2H3. The fourth-order valence-corrected chi connectivity index (χ4v) is 1.07. The molecule has 1 aromatic rings. The van der Waals surface area contributed by atoms with Crippen molar-refractivity contribution in [2.24, 2.45) is 0 Å². The number of aryl methyl sites for hydroxylation is 1. The molecule has 0 spiro atoms. The van der Waals surface area contributed by atoms with Gasteiger partial charge in [0.15, 0.2) is 0 Å². The van der Waals surface area contributed by atoms with Crippen LogP contribution in [0.25, 0.3) is 0 Å². The second-order valence-electron chi connectivity index (χ2n) is 2.74. The first-order valence-electron chi connectivity index (χ1n) is 3.65. The van der Waals surface area contributed by atoms with E-state index in [0.29, 0.717) is 11.1 Å². The summed E-state index contributed by atoms with van der Waals surface area (Å²) in [6.45, 7) is 3.77. The van der Waals surface area contributed by atoms with Gasteiger partial charge in [-0.25, -0.2) is 0 Å². The van der Waals surface area contributed by atoms with Gasteiger partial charge in [0.05, 0.1) is 11.6 Å². The zero-order valence-electron chi connectivity index (χ0n) is 7.09. The number of carbonyl (C=O) groups is 1. The lowest BCUT2D eigenvalue weighted by molar-refractivity contribution is 0.112. The van der Waals surface area contributed by atoms with Gasteiger partial charge in [0.25, 0.3) is 0 Å². The average molecular weight is 159 g/mol. The Morgan fingerprint density at radius 3 is 2.58 bits per heavy atom. The number of aldehydes is 1. The number of benzene rings is 1. The van der Waals surface area contributed by atoms with Crippen molar-refractivity contribution in [1.29, 1.82) is 5.26 Å². The van der Waals surface area contributed by atoms with E-state index < -0.39 is 0 Å². The highest BCUT2D eigenvalue weighted by Crippen LogP contribution is 2.13. The lowest BCUT2D eigenvalue weighted by atomic mass is 10.0. The minimum atomic E-state index is 0.542. The van der Waals surface area contributed by atoms with Crippen molar-refractivity contribution in [3.8, 4) is 6.07 Å². The van der Waals surface area contributed by atoms with Crippen LogP contribution in [0.15, 0.2) is 12.1 Å². The van der Waals surface area contributed by atoms with E-state index in [2.05, 4.69) is 0 Å². The van der Waals surface area contributed by atoms with Crippen LogP contribution >= 0.6 is 0 Å². The molecule has 0 saturated carbocycles. The Bertz CT molecular complexity index is 361. The summed E-state index contributed by atoms with van der Waals surface area (Å²) in [5, 5.41) is 8.61. The number of hydrogen-bond acceptors (Lipinski definition) is 2. The Hall–Kier alpha value is -1.62. The smallest absolute Gasteiger partial charge is 0.150 e. The SMILES string of the molecule is Cc1cc(C#N)cc(C=O)c1C. The molecule has 2 heteroatoms. The van der Waals surface area contributed by atoms with E-state index in [4.69, 9.17) is 5.26 Å². The largest absolute Gasteiger partial charge is 0.298 e. The highest BCUT2D eigenvalue weighted by atomic mass is 16.1. The summed E-state index contributed by atoms with van der Waals surface area (Å²) in [5.41, 5.74) is 3.08. The quantitative estimate of drug-likeness (QED) is 0.588. The molecule has 0 aliphatic carbocycles. The van der Waals surface area contributed by atoms with Crippen molar-refractivity contribution >= 4 is 6.29 Å². The maximum atomic E-state index is 10.5. The summed E-state index contributed by atoms with van der Waals surface area (Å²) in [6.07, 6.45) is 0.781. The summed E-state index contributed by atoms with van der Waals surface area (Å²) in [5.74, 6) is 0. The van der Waals surface area contributed by atoms with Crippen LogP contribution in [0.4, 0.5) is 0 Å². The minimum absolute atomic E-state index is 0.542. The average Bonchev–Trinajstić information content (AvgIpc) is 2.09. The monoisotopic (exact) mass is 159 g/mol. The molecule has 2 nitrogen and oxygen atoms in total. The molecule has 60 valence electrons. The normalized spacial score (nSPS) is 9.08. The van der Waals surface area contributed by atoms with E-state index in [1.807, 2.05) is 19.9 Å². The number of nitrogens with zero attached hydrogens (tertiary/aromatic N) is 1. The fraction of sp³-hybridized carbons (Fsp3) is 0.200. The number of carbonyl (C=O) groups excluding carboxylic acids is 1. The topological polar surface area (TPSA) is 40.9 Å². The molecular weight excluding hydrogens is 150 g/mol. The molecule has 1 aromatic carbocycles. The second-order valence-corrected chi connectivity index (χ2v) is 2.74. The highest BCUT2D eigenvalue weighted by Gasteiger charge is 2.02. The Kier molecular flexibility index (Phi) is 2.25. The molecule has 1 rings (SSSR count). The summed E-state index contributed by atoms with van der Waals surface area (Å²) < 4.78 is 0. The van der Waals surface area contributed by atoms with E-state index in [9.17, 15) is 4.79 Å². The van der Waals surface area contributed by atoms with Gasteiger partial charge in [0.2, 0.25) is 0 Å². The maximum absolute atomic E-state index is 10.5. The van der Waals surface area contributed by atoms with Gasteiger partial charge in [-0.1, -0.05) is 0 Å². The van der Waals surface area contributed by atoms with Gasteiger partial charge in [-0.05, 0) is 37.1 Å². The maximum Gasteiger partial charge on any atom is 0.150 e. The van der Waals surface area contributed by atoms with Crippen molar-refractivity contribution in [2.45, 2.75) is 13.8 Å². The van der Waals surface area contributed by atoms with Crippen LogP contribution in [0.2, 0.25) is 0 Å². The van der Waals surface area contributed by atoms with Crippen LogP contribution in [0, 0.1) is 25.2 Å². The van der Waals surface area contributed by atoms with Gasteiger partial charge in [0.1, 0.15) is 6.29 Å². The molecule has 12 heavy (non-hydrogen) atoms. The third kappa shape index (κ3) is 1.35. The lowest BCUT2D eigenvalue weighted by Crippen LogP contribution is -1.91. The van der Waals surface area contributed by atoms with E-state index in [0.717, 1.165) is 17.4 Å². The van der Waals surface area contributed by atoms with Gasteiger partial charge >= 0.3 is 0 Å². The Morgan fingerprint density at radius 1 is 1.42 bits per heavy atom. The van der Waals surface area contributed by atoms with Crippen molar-refractivity contribution in [3.63, 3.8) is 0 Å². The molecule has 0 unspecified atom stereocenters. The Morgan fingerprint density at radius 2 is 2.08 bits per heavy atom. The van der Waals surface area contributed by atoms with Gasteiger partial charge in [-0.3, -0.25) is 4.79 Å². The third-order valence-corrected chi connectivity index (χ3v) is 1.96. The Labute approximate surface area is 71.4 Å². The molecule has 0 aromatic heterocycles. The van der Waals surface area contributed by atoms with Gasteiger partial charge in [-0.15, -0.1) is 0 Å². The molecule has 0 amide bonds. The highest BCUT2D eigenvalue weighted by molar-refractivity contribution is 5.78. The Balaban J connectivity index is 3.41. The number of nitriles is 1. The van der Waals surface area contributed by atoms with E-state index >= 15 is 0 Å². The second kappa shape index (κ2) is 3.19. The van der Waals surface area contributed by atoms with Crippen molar-refractivity contribution < 1.29 is 4.79 Å². The van der Waals surface area contributed by atoms with Crippen molar-refractivity contribution in [1.82, 2.24) is 0 Å². The molecule has 0 N–H and O–H groups in total. The summed E-state index contributed by atoms with van der Waals surface area (Å²) in [4.78, 5) is 10.5. The first kappa shape index (κ1) is 8.48. The summed E-state index contributed by atoms with van der Waals surface area (Å²) in [6, 6.07) is 5.40. The molecule has 0 aliphatic rings. The fourth-order valence-electron chi connectivity index (χ4n) is 1.07. The zero-order chi connectivity index (χ0) is 9.14. The first-order valence-corrected chi connectivity index (χ1v) is 3.65. The van der Waals surface area contributed by atoms with Gasteiger partial charge < -0.3 is 0 Å². The molecule has 0 fully saturated rings. The van der Waals surface area contributed by atoms with Crippen LogP contribution in [0.5, 0.6) is 0 Å². The van der Waals surface area contributed by atoms with Gasteiger partial charge in [0, 0.05) is 5.56 Å². The van der Waals surface area contributed by atoms with Crippen molar-refractivity contribution in [2.75, 3.05) is 0 Å². The number of hydrogen-bond donors (Lipinski definition) is 0. The van der Waals surface area contributed by atoms with Crippen LogP contribution in [-0.4, -0.2) is 6.29 Å². The molecule has 0 radical (unpaired) electrons. The predicted octanol–water partition coefficient (Wildman–Crippen LogP) is 1.99. The molecule has 0 aliphatic heterocycles. The number of rotatable bonds is 1. The molecule has 0 heterocycles. The lowest BCUT2D eigenvalue weighted by Gasteiger charge is -2.02. The van der Waals surface area contributed by atoms with E-state index in [1.54, 1.807) is 12.1 Å². The van der Waals surface area contributed by atoms with Gasteiger partial charge in [-0.2, -0.15) is 5.26 Å². The van der Waals surface area contributed by atoms with Crippen LogP contribution in [-0.2, 0) is 0 Å². The third-order valence-electron chi connectivity index (χ3n) is 1.96. The minimum Gasteiger partial charge on any atom is -0.298 e. The molecule has 0 saturated heterocycles. The molecule has 0 atom stereocenters. The van der Waals surface area contributed by atoms with Crippen LogP contribution in [0.3, 0.4) is 0 Å².